The van der Waals surface area contributed by atoms with E-state index >= 15 is 0 Å². The highest BCUT2D eigenvalue weighted by molar-refractivity contribution is 5.74. The molecule has 8 nitrogen and oxygen atoms in total. The summed E-state index contributed by atoms with van der Waals surface area (Å²) in [5.74, 6) is 1.03. The zero-order chi connectivity index (χ0) is 21.2. The van der Waals surface area contributed by atoms with Crippen molar-refractivity contribution in [3.05, 3.63) is 52.4 Å². The minimum Gasteiger partial charge on any atom is -0.497 e. The molecule has 1 unspecified atom stereocenters. The monoisotopic (exact) mass is 405 g/mol. The van der Waals surface area contributed by atoms with Gasteiger partial charge in [-0.1, -0.05) is 0 Å². The molecule has 0 amide bonds. The van der Waals surface area contributed by atoms with E-state index < -0.39 is 12.1 Å². The van der Waals surface area contributed by atoms with Crippen LogP contribution in [-0.2, 0) is 20.8 Å². The second-order valence-electron chi connectivity index (χ2n) is 6.23. The van der Waals surface area contributed by atoms with E-state index in [0.717, 1.165) is 5.75 Å². The number of rotatable bonds is 11. The van der Waals surface area contributed by atoms with E-state index in [1.54, 1.807) is 20.2 Å². The summed E-state index contributed by atoms with van der Waals surface area (Å²) in [5.41, 5.74) is 0.304. The molecular weight excluding hydrogens is 378 g/mol. The van der Waals surface area contributed by atoms with Gasteiger partial charge in [-0.2, -0.15) is 0 Å². The Morgan fingerprint density at radius 1 is 1.03 bits per heavy atom. The second kappa shape index (κ2) is 11.1. The molecule has 0 bridgehead atoms. The van der Waals surface area contributed by atoms with E-state index in [-0.39, 0.29) is 17.8 Å². The largest absolute Gasteiger partial charge is 0.497 e. The molecule has 0 spiro atoms. The van der Waals surface area contributed by atoms with Crippen LogP contribution in [-0.4, -0.2) is 50.7 Å². The second-order valence-corrected chi connectivity index (χ2v) is 6.23. The molecule has 1 atom stereocenters. The van der Waals surface area contributed by atoms with E-state index in [2.05, 4.69) is 0 Å². The number of nitrogens with zero attached hydrogens (tertiary/aromatic N) is 1. The van der Waals surface area contributed by atoms with Gasteiger partial charge in [0.2, 0.25) is 5.43 Å². The summed E-state index contributed by atoms with van der Waals surface area (Å²) in [6, 6.07) is 8.68. The summed E-state index contributed by atoms with van der Waals surface area (Å²) in [4.78, 5) is 24.2. The van der Waals surface area contributed by atoms with Crippen molar-refractivity contribution in [2.75, 3.05) is 34.0 Å². The molecule has 158 valence electrons. The maximum atomic E-state index is 12.2. The standard InChI is InChI=1S/C21H27NO7/c1-15-20(29-16(2)21(24)28-14-13-25-3)19(23)9-10-22(15)11-12-27-18-7-5-17(26-4)6-8-18/h5-10,16H,11-14H2,1-4H3. The van der Waals surface area contributed by atoms with Gasteiger partial charge in [0.25, 0.3) is 0 Å². The zero-order valence-electron chi connectivity index (χ0n) is 17.2. The fourth-order valence-electron chi connectivity index (χ4n) is 2.54. The Hall–Kier alpha value is -3.00. The summed E-state index contributed by atoms with van der Waals surface area (Å²) in [7, 11) is 3.12. The topological polar surface area (TPSA) is 85.2 Å². The number of aromatic nitrogens is 1. The van der Waals surface area contributed by atoms with Crippen molar-refractivity contribution < 1.29 is 28.5 Å². The first-order valence-electron chi connectivity index (χ1n) is 9.25. The molecule has 0 aliphatic heterocycles. The van der Waals surface area contributed by atoms with Crippen LogP contribution in [0.5, 0.6) is 17.2 Å². The number of hydrogen-bond donors (Lipinski definition) is 0. The van der Waals surface area contributed by atoms with Gasteiger partial charge in [0.1, 0.15) is 24.7 Å². The lowest BCUT2D eigenvalue weighted by Crippen LogP contribution is -2.30. The number of methoxy groups -OCH3 is 2. The molecule has 2 rings (SSSR count). The lowest BCUT2D eigenvalue weighted by Gasteiger charge is -2.18. The van der Waals surface area contributed by atoms with Crippen LogP contribution in [0.4, 0.5) is 0 Å². The average Bonchev–Trinajstić information content (AvgIpc) is 2.73. The highest BCUT2D eigenvalue weighted by Crippen LogP contribution is 2.18. The minimum atomic E-state index is -0.912. The zero-order valence-corrected chi connectivity index (χ0v) is 17.2. The van der Waals surface area contributed by atoms with E-state index in [1.165, 1.54) is 20.1 Å². The molecule has 0 saturated carbocycles. The Morgan fingerprint density at radius 2 is 1.72 bits per heavy atom. The first kappa shape index (κ1) is 22.3. The number of hydrogen-bond acceptors (Lipinski definition) is 7. The molecule has 0 aliphatic rings. The maximum Gasteiger partial charge on any atom is 0.347 e. The van der Waals surface area contributed by atoms with Crippen LogP contribution in [0.1, 0.15) is 12.6 Å². The van der Waals surface area contributed by atoms with E-state index in [9.17, 15) is 9.59 Å². The van der Waals surface area contributed by atoms with Crippen molar-refractivity contribution in [3.63, 3.8) is 0 Å². The molecule has 0 radical (unpaired) electrons. The highest BCUT2D eigenvalue weighted by Gasteiger charge is 2.19. The van der Waals surface area contributed by atoms with E-state index in [4.69, 9.17) is 23.7 Å². The van der Waals surface area contributed by atoms with Crippen LogP contribution in [0.3, 0.4) is 0 Å². The fraction of sp³-hybridized carbons (Fsp3) is 0.429. The predicted octanol–water partition coefficient (Wildman–Crippen LogP) is 2.20. The number of pyridine rings is 1. The van der Waals surface area contributed by atoms with Gasteiger partial charge in [-0.3, -0.25) is 4.79 Å². The molecule has 29 heavy (non-hydrogen) atoms. The third-order valence-electron chi connectivity index (χ3n) is 4.21. The first-order valence-corrected chi connectivity index (χ1v) is 9.25. The Morgan fingerprint density at radius 3 is 2.38 bits per heavy atom. The summed E-state index contributed by atoms with van der Waals surface area (Å²) >= 11 is 0. The molecule has 1 aromatic carbocycles. The number of ether oxygens (including phenoxy) is 5. The Balaban J connectivity index is 1.98. The van der Waals surface area contributed by atoms with E-state index in [1.807, 2.05) is 28.8 Å². The van der Waals surface area contributed by atoms with Gasteiger partial charge >= 0.3 is 5.97 Å². The van der Waals surface area contributed by atoms with Crippen molar-refractivity contribution in [2.45, 2.75) is 26.5 Å². The molecule has 0 saturated heterocycles. The molecule has 2 aromatic rings. The Bertz CT molecular complexity index is 845. The van der Waals surface area contributed by atoms with Gasteiger partial charge in [-0.05, 0) is 38.1 Å². The van der Waals surface area contributed by atoms with Crippen molar-refractivity contribution in [3.8, 4) is 17.2 Å². The molecule has 0 fully saturated rings. The predicted molar refractivity (Wildman–Crippen MR) is 107 cm³/mol. The highest BCUT2D eigenvalue weighted by atomic mass is 16.6. The Kier molecular flexibility index (Phi) is 8.54. The van der Waals surface area contributed by atoms with Crippen LogP contribution in [0.2, 0.25) is 0 Å². The minimum absolute atomic E-state index is 0.119. The van der Waals surface area contributed by atoms with Crippen molar-refractivity contribution in [2.24, 2.45) is 0 Å². The van der Waals surface area contributed by atoms with Gasteiger partial charge < -0.3 is 28.3 Å². The number of carbonyl (C=O) groups excluding carboxylic acids is 1. The lowest BCUT2D eigenvalue weighted by atomic mass is 10.3. The average molecular weight is 405 g/mol. The summed E-state index contributed by atoms with van der Waals surface area (Å²) in [5, 5.41) is 0. The Labute approximate surface area is 169 Å². The summed E-state index contributed by atoms with van der Waals surface area (Å²) < 4.78 is 28.1. The van der Waals surface area contributed by atoms with Gasteiger partial charge in [0, 0.05) is 19.4 Å². The molecule has 1 aromatic heterocycles. The quantitative estimate of drug-likeness (QED) is 0.418. The fourth-order valence-corrected chi connectivity index (χ4v) is 2.54. The smallest absolute Gasteiger partial charge is 0.347 e. The van der Waals surface area contributed by atoms with Crippen LogP contribution < -0.4 is 19.6 Å². The van der Waals surface area contributed by atoms with Crippen molar-refractivity contribution >= 4 is 5.97 Å². The normalized spacial score (nSPS) is 11.6. The molecular formula is C21H27NO7. The van der Waals surface area contributed by atoms with Crippen LogP contribution in [0.25, 0.3) is 0 Å². The van der Waals surface area contributed by atoms with E-state index in [0.29, 0.717) is 31.2 Å². The SMILES string of the molecule is COCCOC(=O)C(C)Oc1c(C)n(CCOc2ccc(OC)cc2)ccc1=O. The van der Waals surface area contributed by atoms with Crippen molar-refractivity contribution in [1.29, 1.82) is 0 Å². The third-order valence-corrected chi connectivity index (χ3v) is 4.21. The van der Waals surface area contributed by atoms with Crippen LogP contribution in [0, 0.1) is 6.92 Å². The van der Waals surface area contributed by atoms with Gasteiger partial charge in [-0.15, -0.1) is 0 Å². The van der Waals surface area contributed by atoms with Gasteiger partial charge in [0.15, 0.2) is 11.9 Å². The molecule has 1 heterocycles. The maximum absolute atomic E-state index is 12.2. The number of esters is 1. The summed E-state index contributed by atoms with van der Waals surface area (Å²) in [6.07, 6.45) is 0.758. The van der Waals surface area contributed by atoms with Crippen LogP contribution in [0.15, 0.2) is 41.3 Å². The van der Waals surface area contributed by atoms with Crippen LogP contribution >= 0.6 is 0 Å². The first-order chi connectivity index (χ1) is 14.0. The lowest BCUT2D eigenvalue weighted by molar-refractivity contribution is -0.152. The van der Waals surface area contributed by atoms with Gasteiger partial charge in [-0.25, -0.2) is 4.79 Å². The number of benzene rings is 1. The molecule has 0 aliphatic carbocycles. The van der Waals surface area contributed by atoms with Crippen molar-refractivity contribution in [1.82, 2.24) is 4.57 Å². The van der Waals surface area contributed by atoms with Gasteiger partial charge in [0.05, 0.1) is 26.0 Å². The molecule has 0 N–H and O–H groups in total. The molecule has 8 heteroatoms. The third kappa shape index (κ3) is 6.53. The summed E-state index contributed by atoms with van der Waals surface area (Å²) in [6.45, 7) is 4.62. The number of carbonyl (C=O) groups is 1.